The molecule has 1 heterocycles. The van der Waals surface area contributed by atoms with Gasteiger partial charge in [0.25, 0.3) is 5.24 Å². The van der Waals surface area contributed by atoms with Crippen LogP contribution in [0.3, 0.4) is 0 Å². The van der Waals surface area contributed by atoms with Crippen LogP contribution in [0.4, 0.5) is 4.79 Å². The van der Waals surface area contributed by atoms with Crippen LogP contribution in [0.5, 0.6) is 0 Å². The SMILES string of the molecule is NNC(=O)[SH]1C=Cc2ccccc21. The van der Waals surface area contributed by atoms with Gasteiger partial charge in [0.1, 0.15) is 0 Å². The highest BCUT2D eigenvalue weighted by molar-refractivity contribution is 8.32. The quantitative estimate of drug-likeness (QED) is 0.254. The van der Waals surface area contributed by atoms with E-state index in [4.69, 9.17) is 5.84 Å². The maximum Gasteiger partial charge on any atom is 0.280 e. The Kier molecular flexibility index (Phi) is 2.08. The van der Waals surface area contributed by atoms with Crippen LogP contribution in [0.2, 0.25) is 0 Å². The third-order valence-electron chi connectivity index (χ3n) is 1.94. The van der Waals surface area contributed by atoms with Gasteiger partial charge >= 0.3 is 0 Å². The fraction of sp³-hybridized carbons (Fsp3) is 0. The molecule has 1 atom stereocenters. The Morgan fingerprint density at radius 3 is 2.92 bits per heavy atom. The van der Waals surface area contributed by atoms with E-state index in [0.717, 1.165) is 10.5 Å². The highest BCUT2D eigenvalue weighted by Crippen LogP contribution is 2.45. The van der Waals surface area contributed by atoms with E-state index < -0.39 is 10.9 Å². The van der Waals surface area contributed by atoms with Crippen molar-refractivity contribution in [2.75, 3.05) is 0 Å². The van der Waals surface area contributed by atoms with E-state index in [0.29, 0.717) is 0 Å². The predicted octanol–water partition coefficient (Wildman–Crippen LogP) is 1.61. The summed E-state index contributed by atoms with van der Waals surface area (Å²) in [5, 5.41) is 1.82. The second-order valence-electron chi connectivity index (χ2n) is 2.69. The Hall–Kier alpha value is -1.26. The molecule has 0 aromatic heterocycles. The Morgan fingerprint density at radius 1 is 1.38 bits per heavy atom. The van der Waals surface area contributed by atoms with Crippen molar-refractivity contribution in [3.8, 4) is 0 Å². The van der Waals surface area contributed by atoms with Crippen molar-refractivity contribution in [2.45, 2.75) is 4.90 Å². The average Bonchev–Trinajstić information content (AvgIpc) is 2.60. The summed E-state index contributed by atoms with van der Waals surface area (Å²) in [6.07, 6.45) is 1.97. The lowest BCUT2D eigenvalue weighted by Crippen LogP contribution is -2.27. The number of hydrogen-bond acceptors (Lipinski definition) is 2. The molecule has 3 nitrogen and oxygen atoms in total. The highest BCUT2D eigenvalue weighted by atomic mass is 32.2. The molecule has 1 amide bonds. The molecule has 1 aliphatic heterocycles. The molecular formula is C9H10N2OS. The molecule has 0 spiro atoms. The number of carbonyl (C=O) groups is 1. The van der Waals surface area contributed by atoms with E-state index in [2.05, 4.69) is 5.43 Å². The minimum atomic E-state index is -0.878. The second-order valence-corrected chi connectivity index (χ2v) is 4.62. The van der Waals surface area contributed by atoms with Crippen molar-refractivity contribution < 1.29 is 4.79 Å². The smallest absolute Gasteiger partial charge is 0.280 e. The average molecular weight is 194 g/mol. The summed E-state index contributed by atoms with van der Waals surface area (Å²) in [6.45, 7) is 0. The van der Waals surface area contributed by atoms with Crippen LogP contribution in [0.15, 0.2) is 34.6 Å². The fourth-order valence-corrected chi connectivity index (χ4v) is 2.97. The van der Waals surface area contributed by atoms with Gasteiger partial charge in [-0.2, -0.15) is 0 Å². The van der Waals surface area contributed by atoms with Crippen molar-refractivity contribution in [3.63, 3.8) is 0 Å². The summed E-state index contributed by atoms with van der Waals surface area (Å²) in [7, 11) is -0.878. The number of nitrogens with two attached hydrogens (primary N) is 1. The molecule has 1 unspecified atom stereocenters. The molecule has 4 heteroatoms. The first-order chi connectivity index (χ1) is 6.33. The van der Waals surface area contributed by atoms with Crippen molar-refractivity contribution in [1.29, 1.82) is 0 Å². The Morgan fingerprint density at radius 2 is 2.15 bits per heavy atom. The zero-order valence-corrected chi connectivity index (χ0v) is 7.79. The second kappa shape index (κ2) is 3.24. The lowest BCUT2D eigenvalue weighted by molar-refractivity contribution is 0.260. The molecule has 0 fully saturated rings. The van der Waals surface area contributed by atoms with Gasteiger partial charge in [-0.25, -0.2) is 5.84 Å². The summed E-state index contributed by atoms with van der Waals surface area (Å²) in [4.78, 5) is 12.4. The molecule has 0 aliphatic carbocycles. The summed E-state index contributed by atoms with van der Waals surface area (Å²) in [5.41, 5.74) is 3.31. The minimum absolute atomic E-state index is 0.101. The van der Waals surface area contributed by atoms with Crippen LogP contribution in [0.1, 0.15) is 5.56 Å². The van der Waals surface area contributed by atoms with Crippen LogP contribution >= 0.6 is 10.9 Å². The van der Waals surface area contributed by atoms with E-state index in [1.807, 2.05) is 35.7 Å². The van der Waals surface area contributed by atoms with Crippen molar-refractivity contribution in [2.24, 2.45) is 5.84 Å². The number of rotatable bonds is 0. The predicted molar refractivity (Wildman–Crippen MR) is 55.4 cm³/mol. The van der Waals surface area contributed by atoms with Crippen LogP contribution in [-0.2, 0) is 0 Å². The van der Waals surface area contributed by atoms with Crippen LogP contribution in [-0.4, -0.2) is 5.24 Å². The number of hydrazine groups is 1. The van der Waals surface area contributed by atoms with Crippen LogP contribution < -0.4 is 11.3 Å². The Balaban J connectivity index is 2.38. The largest absolute Gasteiger partial charge is 0.286 e. The third kappa shape index (κ3) is 1.34. The molecule has 0 saturated carbocycles. The van der Waals surface area contributed by atoms with Crippen molar-refractivity contribution >= 4 is 22.2 Å². The van der Waals surface area contributed by atoms with Crippen LogP contribution in [0, 0.1) is 0 Å². The maximum atomic E-state index is 11.3. The van der Waals surface area contributed by atoms with E-state index in [9.17, 15) is 4.79 Å². The molecule has 3 N–H and O–H groups in total. The third-order valence-corrected chi connectivity index (χ3v) is 3.88. The van der Waals surface area contributed by atoms with E-state index in [1.54, 1.807) is 0 Å². The van der Waals surface area contributed by atoms with Gasteiger partial charge in [0.05, 0.1) is 0 Å². The van der Waals surface area contributed by atoms with Gasteiger partial charge in [0, 0.05) is 4.90 Å². The van der Waals surface area contributed by atoms with Gasteiger partial charge in [-0.1, -0.05) is 18.2 Å². The highest BCUT2D eigenvalue weighted by Gasteiger charge is 2.18. The Bertz CT molecular complexity index is 376. The molecular weight excluding hydrogens is 184 g/mol. The molecule has 2 rings (SSSR count). The van der Waals surface area contributed by atoms with Crippen molar-refractivity contribution in [1.82, 2.24) is 5.43 Å². The summed E-state index contributed by atoms with van der Waals surface area (Å²) in [5.74, 6) is 5.09. The van der Waals surface area contributed by atoms with E-state index >= 15 is 0 Å². The number of hydrogen-bond donors (Lipinski definition) is 3. The maximum absolute atomic E-state index is 11.3. The lowest BCUT2D eigenvalue weighted by Gasteiger charge is -2.12. The van der Waals surface area contributed by atoms with Crippen LogP contribution in [0.25, 0.3) is 6.08 Å². The molecule has 1 aliphatic rings. The first-order valence-corrected chi connectivity index (χ1v) is 5.31. The number of fused-ring (bicyclic) bond motifs is 1. The number of nitrogens with one attached hydrogen (secondary N) is 1. The molecule has 13 heavy (non-hydrogen) atoms. The molecule has 0 saturated heterocycles. The minimum Gasteiger partial charge on any atom is -0.286 e. The zero-order valence-electron chi connectivity index (χ0n) is 6.90. The van der Waals surface area contributed by atoms with Gasteiger partial charge in [-0.3, -0.25) is 10.2 Å². The standard InChI is InChI=1S/C9H10N2OS/c10-11-9(12)13-6-5-7-3-1-2-4-8(7)13/h1-6,13H,10H2,(H,11,12). The van der Waals surface area contributed by atoms with Gasteiger partial charge in [-0.15, -0.1) is 10.9 Å². The van der Waals surface area contributed by atoms with Crippen molar-refractivity contribution in [3.05, 3.63) is 35.2 Å². The molecule has 1 aromatic rings. The van der Waals surface area contributed by atoms with E-state index in [-0.39, 0.29) is 5.24 Å². The number of carbonyl (C=O) groups excluding carboxylic acids is 1. The molecule has 0 bridgehead atoms. The fourth-order valence-electron chi connectivity index (χ4n) is 1.33. The first kappa shape index (κ1) is 8.34. The first-order valence-electron chi connectivity index (χ1n) is 3.90. The van der Waals surface area contributed by atoms with Gasteiger partial charge in [0.15, 0.2) is 0 Å². The summed E-state index contributed by atoms with van der Waals surface area (Å²) >= 11 is 0. The zero-order chi connectivity index (χ0) is 9.26. The lowest BCUT2D eigenvalue weighted by atomic mass is 10.2. The Labute approximate surface area is 78.9 Å². The van der Waals surface area contributed by atoms with Gasteiger partial charge < -0.3 is 0 Å². The molecule has 1 aromatic carbocycles. The molecule has 0 radical (unpaired) electrons. The monoisotopic (exact) mass is 194 g/mol. The van der Waals surface area contributed by atoms with Gasteiger partial charge in [-0.05, 0) is 23.1 Å². The molecule has 68 valence electrons. The summed E-state index contributed by atoms with van der Waals surface area (Å²) in [6, 6.07) is 7.86. The summed E-state index contributed by atoms with van der Waals surface area (Å²) < 4.78 is 0. The number of amides is 1. The number of thiol groups is 1. The topological polar surface area (TPSA) is 55.1 Å². The van der Waals surface area contributed by atoms with E-state index in [1.165, 1.54) is 0 Å². The normalized spacial score (nSPS) is 21.2. The van der Waals surface area contributed by atoms with Gasteiger partial charge in [0.2, 0.25) is 0 Å². The number of benzene rings is 1.